The molecule has 2 N–H and O–H groups in total. The van der Waals surface area contributed by atoms with E-state index in [1.54, 1.807) is 19.5 Å². The fourth-order valence-electron chi connectivity index (χ4n) is 6.39. The largest absolute Gasteiger partial charge is 0.458 e. The summed E-state index contributed by atoms with van der Waals surface area (Å²) in [5, 5.41) is 4.16. The number of hydrogen-bond donors (Lipinski definition) is 2. The molecule has 4 aromatic heterocycles. The molecule has 0 saturated carbocycles. The third-order valence-corrected chi connectivity index (χ3v) is 8.75. The number of rotatable bonds is 10. The van der Waals surface area contributed by atoms with E-state index < -0.39 is 5.97 Å². The van der Waals surface area contributed by atoms with E-state index in [4.69, 9.17) is 18.9 Å². The highest BCUT2D eigenvalue weighted by atomic mass is 16.5. The molecule has 0 spiro atoms. The van der Waals surface area contributed by atoms with Crippen LogP contribution >= 0.6 is 0 Å². The first kappa shape index (κ1) is 36.5. The molecule has 0 radical (unpaired) electrons. The minimum Gasteiger partial charge on any atom is -0.458 e. The van der Waals surface area contributed by atoms with Gasteiger partial charge < -0.3 is 28.9 Å². The van der Waals surface area contributed by atoms with Gasteiger partial charge in [-0.2, -0.15) is 0 Å². The van der Waals surface area contributed by atoms with Crippen molar-refractivity contribution in [1.82, 2.24) is 19.9 Å². The zero-order valence-electron chi connectivity index (χ0n) is 30.7. The number of aryl methyl sites for hydroxylation is 2. The number of aromatic amines is 2. The lowest BCUT2D eigenvalue weighted by molar-refractivity contribution is 0.0359. The Bertz CT molecular complexity index is 2160. The number of methoxy groups -OCH3 is 1. The summed E-state index contributed by atoms with van der Waals surface area (Å²) >= 11 is 0. The highest BCUT2D eigenvalue weighted by Gasteiger charge is 2.23. The molecular weight excluding hydrogens is 632 g/mol. The first-order chi connectivity index (χ1) is 23.9. The van der Waals surface area contributed by atoms with Crippen molar-refractivity contribution in [2.24, 2.45) is 0 Å². The number of carbonyl (C=O) groups excluding carboxylic acids is 2. The Morgan fingerprint density at radius 1 is 0.660 bits per heavy atom. The van der Waals surface area contributed by atoms with Crippen molar-refractivity contribution in [3.8, 4) is 0 Å². The second-order valence-electron chi connectivity index (χ2n) is 13.1. The number of nitrogens with one attached hydrogen (secondary N) is 2. The van der Waals surface area contributed by atoms with E-state index in [0.29, 0.717) is 18.0 Å². The van der Waals surface area contributed by atoms with Gasteiger partial charge in [0.05, 0.1) is 47.8 Å². The number of aromatic nitrogens is 4. The summed E-state index contributed by atoms with van der Waals surface area (Å²) < 4.78 is 22.1. The number of pyridine rings is 2. The molecule has 50 heavy (non-hydrogen) atoms. The van der Waals surface area contributed by atoms with Crippen molar-refractivity contribution in [3.05, 3.63) is 82.4 Å². The molecule has 10 heteroatoms. The Morgan fingerprint density at radius 3 is 1.50 bits per heavy atom. The maximum absolute atomic E-state index is 12.4. The molecule has 0 amide bonds. The number of benzene rings is 2. The van der Waals surface area contributed by atoms with E-state index >= 15 is 0 Å². The van der Waals surface area contributed by atoms with E-state index in [1.165, 1.54) is 0 Å². The number of H-pyrrole nitrogens is 2. The third kappa shape index (κ3) is 7.22. The number of nitrogens with zero attached hydrogens (tertiary/aromatic N) is 2. The number of fused-ring (bicyclic) bond motifs is 6. The van der Waals surface area contributed by atoms with Gasteiger partial charge in [0.25, 0.3) is 0 Å². The predicted molar refractivity (Wildman–Crippen MR) is 198 cm³/mol. The van der Waals surface area contributed by atoms with Crippen molar-refractivity contribution in [3.63, 3.8) is 0 Å². The summed E-state index contributed by atoms with van der Waals surface area (Å²) in [5.74, 6) is -0.780. The van der Waals surface area contributed by atoms with E-state index in [2.05, 4.69) is 45.9 Å². The van der Waals surface area contributed by atoms with Crippen LogP contribution in [0.15, 0.2) is 48.8 Å². The highest BCUT2D eigenvalue weighted by Crippen LogP contribution is 2.36. The minimum absolute atomic E-state index is 0.0312. The molecule has 6 rings (SSSR count). The summed E-state index contributed by atoms with van der Waals surface area (Å²) in [6.45, 7) is 18.1. The summed E-state index contributed by atoms with van der Waals surface area (Å²) in [4.78, 5) is 40.2. The van der Waals surface area contributed by atoms with E-state index in [-0.39, 0.29) is 30.4 Å². The van der Waals surface area contributed by atoms with Crippen LogP contribution in [0.4, 0.5) is 0 Å². The summed E-state index contributed by atoms with van der Waals surface area (Å²) in [7, 11) is 1.69. The van der Waals surface area contributed by atoms with Gasteiger partial charge in [-0.3, -0.25) is 0 Å². The zero-order chi connectivity index (χ0) is 36.3. The van der Waals surface area contributed by atoms with Crippen molar-refractivity contribution in [2.45, 2.75) is 93.2 Å². The first-order valence-electron chi connectivity index (χ1n) is 17.2. The number of esters is 2. The average molecular weight is 681 g/mol. The molecule has 4 heterocycles. The van der Waals surface area contributed by atoms with Gasteiger partial charge in [0.1, 0.15) is 0 Å². The van der Waals surface area contributed by atoms with E-state index in [0.717, 1.165) is 72.3 Å². The van der Waals surface area contributed by atoms with Gasteiger partial charge in [0.15, 0.2) is 11.4 Å². The number of ether oxygens (including phenoxy) is 4. The lowest BCUT2D eigenvalue weighted by Crippen LogP contribution is -2.14. The maximum atomic E-state index is 12.4. The van der Waals surface area contributed by atoms with Crippen molar-refractivity contribution in [1.29, 1.82) is 0 Å². The number of carbonyl (C=O) groups is 2. The van der Waals surface area contributed by atoms with Crippen LogP contribution in [0.1, 0.15) is 110 Å². The molecule has 2 atom stereocenters. The van der Waals surface area contributed by atoms with Crippen LogP contribution in [0, 0.1) is 13.8 Å². The molecule has 6 aromatic rings. The van der Waals surface area contributed by atoms with Gasteiger partial charge in [-0.25, -0.2) is 19.6 Å². The molecule has 0 fully saturated rings. The summed E-state index contributed by atoms with van der Waals surface area (Å²) in [6, 6.07) is 12.2. The fourth-order valence-corrected chi connectivity index (χ4v) is 6.39. The molecule has 2 unspecified atom stereocenters. The summed E-state index contributed by atoms with van der Waals surface area (Å²) in [5.41, 5.74) is 8.40. The quantitative estimate of drug-likeness (QED) is 0.137. The van der Waals surface area contributed by atoms with Crippen LogP contribution in [0.5, 0.6) is 0 Å². The Labute approximate surface area is 292 Å². The molecule has 10 nitrogen and oxygen atoms in total. The number of hydrogen-bond acceptors (Lipinski definition) is 8. The Balaban J connectivity index is 0.000000195. The molecular formula is C40H48N4O6. The minimum atomic E-state index is -0.393. The van der Waals surface area contributed by atoms with Gasteiger partial charge in [0.2, 0.25) is 0 Å². The second-order valence-corrected chi connectivity index (χ2v) is 13.1. The van der Waals surface area contributed by atoms with Crippen LogP contribution in [-0.2, 0) is 18.9 Å². The molecule has 0 aliphatic carbocycles. The Kier molecular flexibility index (Phi) is 11.2. The van der Waals surface area contributed by atoms with E-state index in [1.807, 2.05) is 72.7 Å². The van der Waals surface area contributed by atoms with Crippen molar-refractivity contribution < 1.29 is 28.5 Å². The van der Waals surface area contributed by atoms with Crippen LogP contribution < -0.4 is 0 Å². The molecule has 264 valence electrons. The molecule has 0 aliphatic rings. The second kappa shape index (κ2) is 15.4. The van der Waals surface area contributed by atoms with Crippen molar-refractivity contribution in [2.75, 3.05) is 13.7 Å². The zero-order valence-corrected chi connectivity index (χ0v) is 30.7. The van der Waals surface area contributed by atoms with Gasteiger partial charge >= 0.3 is 11.9 Å². The van der Waals surface area contributed by atoms with Crippen molar-refractivity contribution >= 4 is 55.6 Å². The molecule has 0 aliphatic heterocycles. The van der Waals surface area contributed by atoms with E-state index in [9.17, 15) is 9.59 Å². The lowest BCUT2D eigenvalue weighted by atomic mass is 9.99. The van der Waals surface area contributed by atoms with Gasteiger partial charge in [0, 0.05) is 46.3 Å². The first-order valence-corrected chi connectivity index (χ1v) is 17.2. The topological polar surface area (TPSA) is 128 Å². The summed E-state index contributed by atoms with van der Waals surface area (Å²) in [6.07, 6.45) is 3.94. The average Bonchev–Trinajstić information content (AvgIpc) is 3.66. The van der Waals surface area contributed by atoms with Gasteiger partial charge in [-0.15, -0.1) is 0 Å². The lowest BCUT2D eigenvalue weighted by Gasteiger charge is -2.15. The Morgan fingerprint density at radius 2 is 1.10 bits per heavy atom. The van der Waals surface area contributed by atoms with Crippen LogP contribution in [0.25, 0.3) is 43.6 Å². The van der Waals surface area contributed by atoms with Crippen LogP contribution in [0.2, 0.25) is 0 Å². The highest BCUT2D eigenvalue weighted by molar-refractivity contribution is 6.13. The Hall–Kier alpha value is -4.80. The smallest absolute Gasteiger partial charge is 0.357 e. The van der Waals surface area contributed by atoms with Gasteiger partial charge in [-0.05, 0) is 96.2 Å². The molecule has 2 aromatic carbocycles. The van der Waals surface area contributed by atoms with Crippen LogP contribution in [-0.4, -0.2) is 57.8 Å². The maximum Gasteiger partial charge on any atom is 0.357 e. The van der Waals surface area contributed by atoms with Crippen LogP contribution in [0.3, 0.4) is 0 Å². The monoisotopic (exact) mass is 680 g/mol. The molecule has 0 saturated heterocycles. The normalized spacial score (nSPS) is 12.9. The molecule has 0 bridgehead atoms. The predicted octanol–water partition coefficient (Wildman–Crippen LogP) is 9.37. The third-order valence-electron chi connectivity index (χ3n) is 8.75. The fraction of sp³-hybridized carbons (Fsp3) is 0.400. The SMILES string of the molecule is CCCOC(C)c1cccc2[nH]c3cnc(C(=O)OC(C)C)c(C)c3c12.COC(C)c1cccc2[nH]c3cnc(C(=O)OC(C)C)c(C)c3c12. The standard InChI is InChI=1S/C21H26N2O3.C19H22N2O3/c1-6-10-25-14(5)15-8-7-9-16-19(15)18-13(4)20(21(24)26-12(2)3)22-11-17(18)23-16;1-10(2)24-19(22)18-11(3)16-15(9-20-18)21-14-8-6-7-13(17(14)16)12(4)23-5/h7-9,11-12,14,23H,6,10H2,1-5H3;6-10,12,21H,1-5H3. The van der Waals surface area contributed by atoms with Gasteiger partial charge in [-0.1, -0.05) is 31.2 Å².